The van der Waals surface area contributed by atoms with E-state index in [4.69, 9.17) is 11.1 Å². The summed E-state index contributed by atoms with van der Waals surface area (Å²) in [6.45, 7) is 0. The normalized spacial score (nSPS) is 14.3. The van der Waals surface area contributed by atoms with Gasteiger partial charge in [-0.1, -0.05) is 48.5 Å². The molecular formula is C18H16N3O-. The van der Waals surface area contributed by atoms with Crippen LogP contribution in [0.25, 0.3) is 11.1 Å². The highest BCUT2D eigenvalue weighted by atomic mass is 16.5. The Bertz CT molecular complexity index is 746. The molecule has 0 amide bonds. The lowest BCUT2D eigenvalue weighted by Crippen LogP contribution is -2.23. The fourth-order valence-electron chi connectivity index (χ4n) is 2.37. The number of rotatable bonds is 3. The number of anilines is 1. The third kappa shape index (κ3) is 2.77. The van der Waals surface area contributed by atoms with Crippen LogP contribution in [-0.4, -0.2) is 5.71 Å². The zero-order valence-electron chi connectivity index (χ0n) is 12.0. The van der Waals surface area contributed by atoms with Crippen molar-refractivity contribution in [2.45, 2.75) is 6.42 Å². The maximum Gasteiger partial charge on any atom is 0.0552 e. The average molecular weight is 290 g/mol. The van der Waals surface area contributed by atoms with Gasteiger partial charge in [0.05, 0.1) is 11.4 Å². The summed E-state index contributed by atoms with van der Waals surface area (Å²) in [6.07, 6.45) is 3.68. The van der Waals surface area contributed by atoms with Crippen molar-refractivity contribution in [3.8, 4) is 11.1 Å². The van der Waals surface area contributed by atoms with Gasteiger partial charge in [-0.3, -0.25) is 0 Å². The minimum atomic E-state index is 0.323. The Morgan fingerprint density at radius 2 is 1.59 bits per heavy atom. The van der Waals surface area contributed by atoms with E-state index in [1.165, 1.54) is 6.08 Å². The Balaban J connectivity index is 1.87. The van der Waals surface area contributed by atoms with E-state index in [2.05, 4.69) is 0 Å². The minimum absolute atomic E-state index is 0.323. The zero-order chi connectivity index (χ0) is 15.5. The van der Waals surface area contributed by atoms with E-state index in [0.717, 1.165) is 16.2 Å². The molecule has 22 heavy (non-hydrogen) atoms. The first-order valence-corrected chi connectivity index (χ1v) is 7.03. The van der Waals surface area contributed by atoms with Crippen molar-refractivity contribution in [2.24, 2.45) is 5.73 Å². The van der Waals surface area contributed by atoms with Crippen molar-refractivity contribution in [2.75, 3.05) is 5.06 Å². The standard InChI is InChI=1S/C18H16N3O/c19-15-8-11-17(20)18(12-15)21(22)16-9-6-14(7-10-16)13-4-2-1-3-5-13/h1-7,9-12,19H,8,20H2/q-1. The summed E-state index contributed by atoms with van der Waals surface area (Å²) in [6, 6.07) is 17.3. The molecule has 1 aliphatic rings. The Morgan fingerprint density at radius 3 is 2.27 bits per heavy atom. The second kappa shape index (κ2) is 5.87. The Morgan fingerprint density at radius 1 is 0.955 bits per heavy atom. The summed E-state index contributed by atoms with van der Waals surface area (Å²) in [5.41, 5.74) is 9.62. The fourth-order valence-corrected chi connectivity index (χ4v) is 2.37. The molecule has 0 fully saturated rings. The molecular weight excluding hydrogens is 274 g/mol. The van der Waals surface area contributed by atoms with Crippen LogP contribution < -0.4 is 10.8 Å². The van der Waals surface area contributed by atoms with Gasteiger partial charge in [0.25, 0.3) is 0 Å². The minimum Gasteiger partial charge on any atom is -0.754 e. The van der Waals surface area contributed by atoms with Crippen LogP contribution in [0.15, 0.2) is 78.1 Å². The highest BCUT2D eigenvalue weighted by Gasteiger charge is 2.11. The van der Waals surface area contributed by atoms with Crippen molar-refractivity contribution in [3.63, 3.8) is 0 Å². The quantitative estimate of drug-likeness (QED) is 0.844. The van der Waals surface area contributed by atoms with E-state index in [1.54, 1.807) is 18.2 Å². The summed E-state index contributed by atoms with van der Waals surface area (Å²) in [4.78, 5) is 0. The average Bonchev–Trinajstić information content (AvgIpc) is 2.57. The van der Waals surface area contributed by atoms with Gasteiger partial charge in [-0.05, 0) is 29.3 Å². The first kappa shape index (κ1) is 14.1. The molecule has 2 aromatic carbocycles. The second-order valence-corrected chi connectivity index (χ2v) is 5.13. The third-order valence-electron chi connectivity index (χ3n) is 3.58. The Kier molecular flexibility index (Phi) is 3.76. The van der Waals surface area contributed by atoms with Crippen LogP contribution in [-0.2, 0) is 0 Å². The Labute approximate surface area is 129 Å². The molecule has 3 rings (SSSR count). The number of nitrogens with two attached hydrogens (primary N) is 1. The van der Waals surface area contributed by atoms with Crippen molar-refractivity contribution < 1.29 is 0 Å². The largest absolute Gasteiger partial charge is 0.754 e. The number of allylic oxidation sites excluding steroid dienone is 2. The summed E-state index contributed by atoms with van der Waals surface area (Å²) < 4.78 is 0. The van der Waals surface area contributed by atoms with E-state index in [0.29, 0.717) is 29.2 Å². The van der Waals surface area contributed by atoms with Crippen LogP contribution in [0.1, 0.15) is 6.42 Å². The smallest absolute Gasteiger partial charge is 0.0552 e. The van der Waals surface area contributed by atoms with E-state index in [1.807, 2.05) is 42.5 Å². The molecule has 0 aromatic heterocycles. The molecule has 3 N–H and O–H groups in total. The van der Waals surface area contributed by atoms with Crippen molar-refractivity contribution in [1.82, 2.24) is 0 Å². The molecule has 0 spiro atoms. The number of nitrogens with zero attached hydrogens (tertiary/aromatic N) is 1. The lowest BCUT2D eigenvalue weighted by molar-refractivity contribution is 1.11. The van der Waals surface area contributed by atoms with E-state index >= 15 is 0 Å². The van der Waals surface area contributed by atoms with Gasteiger partial charge in [0.1, 0.15) is 0 Å². The zero-order valence-corrected chi connectivity index (χ0v) is 12.0. The summed E-state index contributed by atoms with van der Waals surface area (Å²) in [5.74, 6) is 0. The van der Waals surface area contributed by atoms with Gasteiger partial charge in [0, 0.05) is 17.8 Å². The molecule has 0 unspecified atom stereocenters. The molecule has 110 valence electrons. The van der Waals surface area contributed by atoms with Crippen LogP contribution in [0.2, 0.25) is 0 Å². The van der Waals surface area contributed by atoms with Crippen LogP contribution in [0.5, 0.6) is 0 Å². The SMILES string of the molecule is N=C1C=C(N([O-])c2ccc(-c3ccccc3)cc2)C(N)=CC1. The van der Waals surface area contributed by atoms with E-state index < -0.39 is 0 Å². The van der Waals surface area contributed by atoms with Crippen LogP contribution in [0.3, 0.4) is 0 Å². The van der Waals surface area contributed by atoms with Crippen LogP contribution in [0, 0.1) is 10.6 Å². The molecule has 4 heteroatoms. The number of nitrogens with one attached hydrogen (secondary N) is 1. The molecule has 0 bridgehead atoms. The van der Waals surface area contributed by atoms with Gasteiger partial charge in [0.2, 0.25) is 0 Å². The molecule has 0 atom stereocenters. The van der Waals surface area contributed by atoms with Crippen LogP contribution >= 0.6 is 0 Å². The summed E-state index contributed by atoms with van der Waals surface area (Å²) in [7, 11) is 0. The molecule has 0 saturated carbocycles. The first-order valence-electron chi connectivity index (χ1n) is 7.03. The number of hydroxylamine groups is 1. The number of hydrogen-bond acceptors (Lipinski definition) is 4. The number of hydrogen-bond donors (Lipinski definition) is 2. The molecule has 1 aliphatic carbocycles. The molecule has 0 heterocycles. The van der Waals surface area contributed by atoms with Gasteiger partial charge in [-0.25, -0.2) is 0 Å². The topological polar surface area (TPSA) is 76.2 Å². The predicted molar refractivity (Wildman–Crippen MR) is 90.4 cm³/mol. The van der Waals surface area contributed by atoms with E-state index in [9.17, 15) is 5.21 Å². The maximum atomic E-state index is 12.4. The van der Waals surface area contributed by atoms with E-state index in [-0.39, 0.29) is 0 Å². The third-order valence-corrected chi connectivity index (χ3v) is 3.58. The summed E-state index contributed by atoms with van der Waals surface area (Å²) in [5, 5.41) is 20.9. The van der Waals surface area contributed by atoms with Gasteiger partial charge in [-0.15, -0.1) is 0 Å². The van der Waals surface area contributed by atoms with Gasteiger partial charge in [0.15, 0.2) is 0 Å². The van der Waals surface area contributed by atoms with Gasteiger partial charge in [-0.2, -0.15) is 0 Å². The molecule has 0 saturated heterocycles. The molecule has 0 radical (unpaired) electrons. The predicted octanol–water partition coefficient (Wildman–Crippen LogP) is 3.81. The lowest BCUT2D eigenvalue weighted by atomic mass is 10.0. The second-order valence-electron chi connectivity index (χ2n) is 5.13. The molecule has 2 aromatic rings. The highest BCUT2D eigenvalue weighted by molar-refractivity contribution is 5.96. The van der Waals surface area contributed by atoms with Crippen LogP contribution in [0.4, 0.5) is 5.69 Å². The van der Waals surface area contributed by atoms with Gasteiger partial charge < -0.3 is 21.4 Å². The Hall–Kier alpha value is -2.85. The van der Waals surface area contributed by atoms with Crippen molar-refractivity contribution in [1.29, 1.82) is 5.41 Å². The maximum absolute atomic E-state index is 12.4. The highest BCUT2D eigenvalue weighted by Crippen LogP contribution is 2.27. The van der Waals surface area contributed by atoms with Gasteiger partial charge >= 0.3 is 0 Å². The summed E-state index contributed by atoms with van der Waals surface area (Å²) >= 11 is 0. The molecule has 0 aliphatic heterocycles. The first-order chi connectivity index (χ1) is 10.6. The van der Waals surface area contributed by atoms with Crippen molar-refractivity contribution >= 4 is 11.4 Å². The van der Waals surface area contributed by atoms with Crippen molar-refractivity contribution in [3.05, 3.63) is 83.4 Å². The molecule has 4 nitrogen and oxygen atoms in total. The lowest BCUT2D eigenvalue weighted by Gasteiger charge is -2.34. The fraction of sp³-hybridized carbons (Fsp3) is 0.0556. The number of benzene rings is 2. The monoisotopic (exact) mass is 290 g/mol.